The maximum Gasteiger partial charge on any atom is 0.406 e. The average molecular weight is 550 g/mol. The lowest BCUT2D eigenvalue weighted by molar-refractivity contribution is -0.140. The minimum Gasteiger partial charge on any atom is -0.495 e. The summed E-state index contributed by atoms with van der Waals surface area (Å²) in [5, 5.41) is 6.17. The van der Waals surface area contributed by atoms with Gasteiger partial charge in [-0.15, -0.1) is 0 Å². The predicted octanol–water partition coefficient (Wildman–Crippen LogP) is 4.90. The van der Waals surface area contributed by atoms with E-state index in [4.69, 9.17) is 4.74 Å². The number of fused-ring (bicyclic) bond motifs is 1. The summed E-state index contributed by atoms with van der Waals surface area (Å²) in [6.07, 6.45) is -4.28. The van der Waals surface area contributed by atoms with Crippen LogP contribution in [0.1, 0.15) is 30.3 Å². The van der Waals surface area contributed by atoms with Crippen LogP contribution in [0.2, 0.25) is 0 Å². The number of hydrogen-bond donors (Lipinski definition) is 2. The summed E-state index contributed by atoms with van der Waals surface area (Å²) >= 11 is 0. The lowest BCUT2D eigenvalue weighted by Crippen LogP contribution is -2.49. The summed E-state index contributed by atoms with van der Waals surface area (Å²) in [5.41, 5.74) is 2.36. The van der Waals surface area contributed by atoms with Gasteiger partial charge in [0.25, 0.3) is 0 Å². The lowest BCUT2D eigenvalue weighted by Gasteiger charge is -2.32. The highest BCUT2D eigenvalue weighted by Crippen LogP contribution is 2.28. The molecule has 2 unspecified atom stereocenters. The summed E-state index contributed by atoms with van der Waals surface area (Å²) in [6.45, 7) is 2.15. The van der Waals surface area contributed by atoms with Gasteiger partial charge in [-0.3, -0.25) is 0 Å². The summed E-state index contributed by atoms with van der Waals surface area (Å²) in [4.78, 5) is 6.30. The standard InChI is InChI=1S/C28H32F5N5O/c1-4-19-13-26(39-3)24(14-20(19)29)34-10-5-6-27-36-23-12-18(7-8-25(23)38(27)17-28(31,32)33)15-35-22-9-11-37(2)16-21(22)30/h7-8,12-14,21-22,34-35H,4,9-11,15-17H2,1-3H3. The summed E-state index contributed by atoms with van der Waals surface area (Å²) in [7, 11) is 3.35. The zero-order valence-electron chi connectivity index (χ0n) is 22.1. The minimum absolute atomic E-state index is 0.0344. The second-order valence-electron chi connectivity index (χ2n) is 9.67. The number of nitrogens with zero attached hydrogens (tertiary/aromatic N) is 3. The number of nitrogens with one attached hydrogen (secondary N) is 2. The number of hydrogen-bond acceptors (Lipinski definition) is 5. The first-order valence-corrected chi connectivity index (χ1v) is 12.8. The normalized spacial score (nSPS) is 18.2. The van der Waals surface area contributed by atoms with Gasteiger partial charge in [-0.05, 0) is 61.7 Å². The van der Waals surface area contributed by atoms with E-state index in [9.17, 15) is 22.0 Å². The Kier molecular flexibility index (Phi) is 8.97. The Morgan fingerprint density at radius 2 is 2.00 bits per heavy atom. The molecule has 4 rings (SSSR count). The lowest BCUT2D eigenvalue weighted by atomic mass is 10.0. The Morgan fingerprint density at radius 1 is 1.21 bits per heavy atom. The van der Waals surface area contributed by atoms with Crippen molar-refractivity contribution < 1.29 is 26.7 Å². The van der Waals surface area contributed by atoms with Crippen LogP contribution in [0.25, 0.3) is 11.0 Å². The van der Waals surface area contributed by atoms with E-state index in [0.29, 0.717) is 54.0 Å². The van der Waals surface area contributed by atoms with E-state index in [2.05, 4.69) is 27.5 Å². The third-order valence-corrected chi connectivity index (χ3v) is 6.78. The van der Waals surface area contributed by atoms with Gasteiger partial charge in [0.05, 0.1) is 30.4 Å². The quantitative estimate of drug-likeness (QED) is 0.309. The number of benzene rings is 2. The highest BCUT2D eigenvalue weighted by molar-refractivity contribution is 5.78. The molecule has 2 N–H and O–H groups in total. The van der Waals surface area contributed by atoms with Gasteiger partial charge < -0.3 is 24.8 Å². The number of methoxy groups -OCH3 is 1. The molecule has 0 bridgehead atoms. The van der Waals surface area contributed by atoms with Gasteiger partial charge >= 0.3 is 6.18 Å². The van der Waals surface area contributed by atoms with Crippen LogP contribution in [0.3, 0.4) is 0 Å². The molecule has 11 heteroatoms. The predicted molar refractivity (Wildman–Crippen MR) is 141 cm³/mol. The molecule has 2 atom stereocenters. The van der Waals surface area contributed by atoms with Gasteiger partial charge in [0, 0.05) is 25.2 Å². The van der Waals surface area contributed by atoms with Gasteiger partial charge in [-0.2, -0.15) is 13.2 Å². The van der Waals surface area contributed by atoms with Crippen LogP contribution in [0.4, 0.5) is 27.6 Å². The molecule has 2 aromatic carbocycles. The number of rotatable bonds is 8. The SMILES string of the molecule is CCc1cc(OC)c(NCC#Cc2nc3cc(CNC4CCN(C)CC4F)ccc3n2CC(F)(F)F)cc1F. The van der Waals surface area contributed by atoms with Crippen LogP contribution in [-0.2, 0) is 19.5 Å². The second-order valence-corrected chi connectivity index (χ2v) is 9.67. The number of alkyl halides is 4. The maximum atomic E-state index is 14.3. The van der Waals surface area contributed by atoms with Crippen LogP contribution >= 0.6 is 0 Å². The zero-order chi connectivity index (χ0) is 28.2. The third-order valence-electron chi connectivity index (χ3n) is 6.78. The Hall–Kier alpha value is -3.36. The first-order chi connectivity index (χ1) is 18.6. The molecule has 1 aliphatic rings. The molecule has 39 heavy (non-hydrogen) atoms. The highest BCUT2D eigenvalue weighted by Gasteiger charge is 2.30. The fraction of sp³-hybridized carbons (Fsp3) is 0.464. The van der Waals surface area contributed by atoms with Crippen molar-refractivity contribution in [3.05, 3.63) is 53.1 Å². The number of piperidine rings is 1. The molecule has 0 amide bonds. The summed E-state index contributed by atoms with van der Waals surface area (Å²) in [5.74, 6) is 5.52. The molecule has 1 fully saturated rings. The summed E-state index contributed by atoms with van der Waals surface area (Å²) < 4.78 is 75.1. The monoisotopic (exact) mass is 549 g/mol. The number of aryl methyl sites for hydroxylation is 1. The first kappa shape index (κ1) is 28.6. The Morgan fingerprint density at radius 3 is 2.69 bits per heavy atom. The van der Waals surface area contributed by atoms with E-state index < -0.39 is 18.9 Å². The average Bonchev–Trinajstić information content (AvgIpc) is 3.21. The molecule has 1 aliphatic heterocycles. The van der Waals surface area contributed by atoms with E-state index in [1.807, 2.05) is 18.9 Å². The Labute approximate surface area is 224 Å². The Balaban J connectivity index is 1.52. The fourth-order valence-electron chi connectivity index (χ4n) is 4.69. The Bertz CT molecular complexity index is 1360. The van der Waals surface area contributed by atoms with Gasteiger partial charge in [0.2, 0.25) is 0 Å². The molecular formula is C28H32F5N5O. The van der Waals surface area contributed by atoms with E-state index >= 15 is 0 Å². The number of halogens is 5. The van der Waals surface area contributed by atoms with Crippen molar-refractivity contribution >= 4 is 16.7 Å². The molecule has 210 valence electrons. The number of ether oxygens (including phenoxy) is 1. The zero-order valence-corrected chi connectivity index (χ0v) is 22.1. The smallest absolute Gasteiger partial charge is 0.406 e. The van der Waals surface area contributed by atoms with E-state index in [1.165, 1.54) is 13.2 Å². The van der Waals surface area contributed by atoms with Crippen LogP contribution < -0.4 is 15.4 Å². The molecule has 1 saturated heterocycles. The van der Waals surface area contributed by atoms with Crippen molar-refractivity contribution in [2.75, 3.05) is 39.1 Å². The molecule has 2 heterocycles. The van der Waals surface area contributed by atoms with Gasteiger partial charge in [-0.1, -0.05) is 18.9 Å². The highest BCUT2D eigenvalue weighted by atomic mass is 19.4. The van der Waals surface area contributed by atoms with Crippen molar-refractivity contribution in [3.63, 3.8) is 0 Å². The summed E-state index contributed by atoms with van der Waals surface area (Å²) in [6, 6.07) is 7.62. The van der Waals surface area contributed by atoms with Crippen molar-refractivity contribution in [1.82, 2.24) is 19.8 Å². The topological polar surface area (TPSA) is 54.4 Å². The van der Waals surface area contributed by atoms with Crippen LogP contribution in [0, 0.1) is 17.7 Å². The van der Waals surface area contributed by atoms with Crippen LogP contribution in [0.15, 0.2) is 30.3 Å². The van der Waals surface area contributed by atoms with Crippen molar-refractivity contribution in [1.29, 1.82) is 0 Å². The number of imidazole rings is 1. The van der Waals surface area contributed by atoms with Crippen LogP contribution in [0.5, 0.6) is 5.75 Å². The second kappa shape index (κ2) is 12.2. The van der Waals surface area contributed by atoms with Crippen LogP contribution in [-0.4, -0.2) is 66.6 Å². The first-order valence-electron chi connectivity index (χ1n) is 12.8. The van der Waals surface area contributed by atoms with Crippen molar-refractivity contribution in [2.45, 2.75) is 51.2 Å². The van der Waals surface area contributed by atoms with E-state index in [-0.39, 0.29) is 24.2 Å². The van der Waals surface area contributed by atoms with Gasteiger partial charge in [-0.25, -0.2) is 13.8 Å². The minimum atomic E-state index is -4.47. The largest absolute Gasteiger partial charge is 0.495 e. The number of likely N-dealkylation sites (tertiary alicyclic amines) is 1. The van der Waals surface area contributed by atoms with Crippen molar-refractivity contribution in [3.8, 4) is 17.6 Å². The molecule has 0 aliphatic carbocycles. The van der Waals surface area contributed by atoms with Gasteiger partial charge in [0.15, 0.2) is 5.82 Å². The van der Waals surface area contributed by atoms with Crippen molar-refractivity contribution in [2.24, 2.45) is 0 Å². The van der Waals surface area contributed by atoms with Gasteiger partial charge in [0.1, 0.15) is 24.3 Å². The third kappa shape index (κ3) is 7.19. The molecule has 0 radical (unpaired) electrons. The molecule has 3 aromatic rings. The molecule has 1 aromatic heterocycles. The van der Waals surface area contributed by atoms with E-state index in [1.54, 1.807) is 24.3 Å². The number of anilines is 1. The molecular weight excluding hydrogens is 517 g/mol. The fourth-order valence-corrected chi connectivity index (χ4v) is 4.69. The molecule has 0 saturated carbocycles. The van der Waals surface area contributed by atoms with E-state index in [0.717, 1.165) is 16.7 Å². The maximum absolute atomic E-state index is 14.3. The molecule has 0 spiro atoms. The molecule has 6 nitrogen and oxygen atoms in total. The number of aromatic nitrogens is 2.